The van der Waals surface area contributed by atoms with Crippen LogP contribution in [-0.2, 0) is 6.42 Å². The number of nitro benzene ring substituents is 1. The molecule has 2 rings (SSSR count). The number of hydrogen-bond donors (Lipinski definition) is 2. The zero-order valence-corrected chi connectivity index (χ0v) is 14.8. The normalized spacial score (nSPS) is 11.9. The summed E-state index contributed by atoms with van der Waals surface area (Å²) in [6.07, 6.45) is -2.37. The summed E-state index contributed by atoms with van der Waals surface area (Å²) in [6.45, 7) is 0.473. The third kappa shape index (κ3) is 7.52. The summed E-state index contributed by atoms with van der Waals surface area (Å²) in [5.74, 6) is -0.167. The Labute approximate surface area is 159 Å². The summed E-state index contributed by atoms with van der Waals surface area (Å²) in [4.78, 5) is 14.3. The molecule has 2 aromatic rings. The minimum atomic E-state index is -4.73. The van der Waals surface area contributed by atoms with Crippen molar-refractivity contribution in [1.29, 1.82) is 0 Å². The van der Waals surface area contributed by atoms with Gasteiger partial charge in [0.2, 0.25) is 0 Å². The van der Waals surface area contributed by atoms with E-state index in [9.17, 15) is 23.3 Å². The molecular formula is C18H19F3N4O3. The lowest BCUT2D eigenvalue weighted by molar-refractivity contribution is -0.384. The molecule has 0 fully saturated rings. The zero-order chi connectivity index (χ0) is 20.6. The molecule has 2 aromatic carbocycles. The first-order valence-electron chi connectivity index (χ1n) is 8.39. The van der Waals surface area contributed by atoms with Crippen LogP contribution in [0.15, 0.2) is 53.5 Å². The number of halogens is 3. The summed E-state index contributed by atoms with van der Waals surface area (Å²) in [6, 6.07) is 11.5. The van der Waals surface area contributed by atoms with Crippen LogP contribution in [0.1, 0.15) is 18.4 Å². The third-order valence-electron chi connectivity index (χ3n) is 3.66. The average Bonchev–Trinajstić information content (AvgIpc) is 2.62. The van der Waals surface area contributed by atoms with E-state index in [1.165, 1.54) is 36.4 Å². The Bertz CT molecular complexity index is 806. The first kappa shape index (κ1) is 21.0. The van der Waals surface area contributed by atoms with Gasteiger partial charge in [0.05, 0.1) is 4.92 Å². The Kier molecular flexibility index (Phi) is 7.19. The lowest BCUT2D eigenvalue weighted by Gasteiger charge is -2.10. The fraction of sp³-hybridized carbons (Fsp3) is 0.278. The van der Waals surface area contributed by atoms with Crippen molar-refractivity contribution in [2.75, 3.05) is 11.9 Å². The van der Waals surface area contributed by atoms with E-state index in [1.54, 1.807) is 12.1 Å². The fourth-order valence-electron chi connectivity index (χ4n) is 2.35. The number of ether oxygens (including phenoxy) is 1. The number of nitrogens with two attached hydrogens (primary N) is 1. The molecule has 0 bridgehead atoms. The molecule has 0 aliphatic carbocycles. The summed E-state index contributed by atoms with van der Waals surface area (Å²) in [7, 11) is 0. The van der Waals surface area contributed by atoms with Crippen molar-refractivity contribution in [3.8, 4) is 5.75 Å². The summed E-state index contributed by atoms with van der Waals surface area (Å²) >= 11 is 0. The molecule has 0 saturated carbocycles. The first-order chi connectivity index (χ1) is 13.2. The minimum absolute atomic E-state index is 0.0604. The molecule has 3 N–H and O–H groups in total. The largest absolute Gasteiger partial charge is 0.573 e. The van der Waals surface area contributed by atoms with E-state index in [0.717, 1.165) is 24.8 Å². The van der Waals surface area contributed by atoms with Crippen LogP contribution in [0, 0.1) is 10.1 Å². The predicted octanol–water partition coefficient (Wildman–Crippen LogP) is 4.24. The second-order valence-corrected chi connectivity index (χ2v) is 5.84. The molecule has 28 heavy (non-hydrogen) atoms. The smallest absolute Gasteiger partial charge is 0.406 e. The standard InChI is InChI=1S/C18H19F3N4O3/c19-18(20,21)28-16-10-6-14(7-11-16)24-17(22)23-12-2-1-3-13-4-8-15(9-5-13)25(26)27/h4-11H,1-3,12H2,(H3,22,23,24). The highest BCUT2D eigenvalue weighted by molar-refractivity contribution is 5.92. The van der Waals surface area contributed by atoms with E-state index in [-0.39, 0.29) is 17.4 Å². The highest BCUT2D eigenvalue weighted by Gasteiger charge is 2.30. The number of benzene rings is 2. The number of nitro groups is 1. The number of unbranched alkanes of at least 4 members (excludes halogenated alkanes) is 1. The third-order valence-corrected chi connectivity index (χ3v) is 3.66. The number of rotatable bonds is 8. The maximum Gasteiger partial charge on any atom is 0.573 e. The van der Waals surface area contributed by atoms with E-state index < -0.39 is 11.3 Å². The zero-order valence-electron chi connectivity index (χ0n) is 14.8. The molecule has 0 atom stereocenters. The van der Waals surface area contributed by atoms with Gasteiger partial charge in [-0.1, -0.05) is 12.1 Å². The molecule has 0 aromatic heterocycles. The van der Waals surface area contributed by atoms with Crippen LogP contribution < -0.4 is 15.8 Å². The summed E-state index contributed by atoms with van der Waals surface area (Å²) < 4.78 is 40.1. The quantitative estimate of drug-likeness (QED) is 0.228. The Morgan fingerprint density at radius 1 is 1.11 bits per heavy atom. The molecule has 0 aliphatic heterocycles. The monoisotopic (exact) mass is 396 g/mol. The molecule has 0 aliphatic rings. The number of non-ortho nitro benzene ring substituents is 1. The maximum absolute atomic E-state index is 12.1. The topological polar surface area (TPSA) is 103 Å². The van der Waals surface area contributed by atoms with Crippen molar-refractivity contribution in [1.82, 2.24) is 0 Å². The Balaban J connectivity index is 1.71. The number of alkyl halides is 3. The van der Waals surface area contributed by atoms with Crippen molar-refractivity contribution < 1.29 is 22.8 Å². The van der Waals surface area contributed by atoms with Crippen LogP contribution in [-0.4, -0.2) is 23.8 Å². The second-order valence-electron chi connectivity index (χ2n) is 5.84. The van der Waals surface area contributed by atoms with Gasteiger partial charge in [0.15, 0.2) is 5.96 Å². The molecule has 0 radical (unpaired) electrons. The van der Waals surface area contributed by atoms with Crippen molar-refractivity contribution in [2.24, 2.45) is 10.7 Å². The van der Waals surface area contributed by atoms with Crippen molar-refractivity contribution in [3.63, 3.8) is 0 Å². The SMILES string of the molecule is NC(=NCCCCc1ccc([N+](=O)[O-])cc1)Nc1ccc(OC(F)(F)F)cc1. The van der Waals surface area contributed by atoms with Gasteiger partial charge < -0.3 is 15.8 Å². The summed E-state index contributed by atoms with van der Waals surface area (Å²) in [5, 5.41) is 13.4. The van der Waals surface area contributed by atoms with Gasteiger partial charge in [-0.3, -0.25) is 15.1 Å². The molecule has 7 nitrogen and oxygen atoms in total. The van der Waals surface area contributed by atoms with Crippen molar-refractivity contribution in [3.05, 3.63) is 64.2 Å². The highest BCUT2D eigenvalue weighted by atomic mass is 19.4. The van der Waals surface area contributed by atoms with Crippen molar-refractivity contribution >= 4 is 17.3 Å². The van der Waals surface area contributed by atoms with Gasteiger partial charge in [-0.05, 0) is 49.1 Å². The molecule has 0 amide bonds. The van der Waals surface area contributed by atoms with Gasteiger partial charge in [0.1, 0.15) is 5.75 Å². The molecule has 10 heteroatoms. The van der Waals surface area contributed by atoms with Crippen LogP contribution in [0.4, 0.5) is 24.5 Å². The number of aryl methyl sites for hydroxylation is 1. The van der Waals surface area contributed by atoms with Crippen LogP contribution in [0.25, 0.3) is 0 Å². The molecule has 0 heterocycles. The number of guanidine groups is 1. The predicted molar refractivity (Wildman–Crippen MR) is 99.3 cm³/mol. The molecule has 0 saturated heterocycles. The van der Waals surface area contributed by atoms with Crippen LogP contribution in [0.2, 0.25) is 0 Å². The number of nitrogens with one attached hydrogen (secondary N) is 1. The van der Waals surface area contributed by atoms with E-state index in [1.807, 2.05) is 0 Å². The Morgan fingerprint density at radius 3 is 2.32 bits per heavy atom. The van der Waals surface area contributed by atoms with Gasteiger partial charge in [-0.25, -0.2) is 0 Å². The number of anilines is 1. The van der Waals surface area contributed by atoms with Gasteiger partial charge in [-0.2, -0.15) is 0 Å². The molecular weight excluding hydrogens is 377 g/mol. The number of hydrogen-bond acceptors (Lipinski definition) is 4. The number of nitrogens with zero attached hydrogens (tertiary/aromatic N) is 2. The van der Waals surface area contributed by atoms with Gasteiger partial charge in [-0.15, -0.1) is 13.2 Å². The summed E-state index contributed by atoms with van der Waals surface area (Å²) in [5.41, 5.74) is 7.30. The van der Waals surface area contributed by atoms with Crippen LogP contribution >= 0.6 is 0 Å². The average molecular weight is 396 g/mol. The van der Waals surface area contributed by atoms with Crippen LogP contribution in [0.5, 0.6) is 5.75 Å². The Morgan fingerprint density at radius 2 is 1.75 bits per heavy atom. The van der Waals surface area contributed by atoms with Gasteiger partial charge in [0.25, 0.3) is 5.69 Å². The van der Waals surface area contributed by atoms with Gasteiger partial charge in [0, 0.05) is 24.4 Å². The van der Waals surface area contributed by atoms with Gasteiger partial charge >= 0.3 is 6.36 Å². The van der Waals surface area contributed by atoms with E-state index in [2.05, 4.69) is 15.0 Å². The van der Waals surface area contributed by atoms with Crippen LogP contribution in [0.3, 0.4) is 0 Å². The molecule has 150 valence electrons. The fourth-order valence-corrected chi connectivity index (χ4v) is 2.35. The second kappa shape index (κ2) is 9.58. The maximum atomic E-state index is 12.1. The first-order valence-corrected chi connectivity index (χ1v) is 8.39. The van der Waals surface area contributed by atoms with E-state index in [0.29, 0.717) is 12.2 Å². The number of aliphatic imine (C=N–C) groups is 1. The van der Waals surface area contributed by atoms with Crippen molar-refractivity contribution in [2.45, 2.75) is 25.6 Å². The molecule has 0 unspecified atom stereocenters. The van der Waals surface area contributed by atoms with E-state index in [4.69, 9.17) is 5.73 Å². The molecule has 0 spiro atoms. The lowest BCUT2D eigenvalue weighted by atomic mass is 10.1. The minimum Gasteiger partial charge on any atom is -0.406 e. The highest BCUT2D eigenvalue weighted by Crippen LogP contribution is 2.23. The Hall–Kier alpha value is -3.30. The lowest BCUT2D eigenvalue weighted by Crippen LogP contribution is -2.23. The van der Waals surface area contributed by atoms with E-state index >= 15 is 0 Å².